The summed E-state index contributed by atoms with van der Waals surface area (Å²) in [6.07, 6.45) is 0.534. The van der Waals surface area contributed by atoms with Gasteiger partial charge in [-0.1, -0.05) is 55.8 Å². The molecule has 0 spiro atoms. The first-order valence-corrected chi connectivity index (χ1v) is 8.38. The molecule has 22 heavy (non-hydrogen) atoms. The average Bonchev–Trinajstić information content (AvgIpc) is 2.49. The van der Waals surface area contributed by atoms with Crippen molar-refractivity contribution in [2.75, 3.05) is 0 Å². The number of hydrogen-bond donors (Lipinski definition) is 1. The molecule has 0 saturated heterocycles. The highest BCUT2D eigenvalue weighted by Gasteiger charge is 2.19. The lowest BCUT2D eigenvalue weighted by Crippen LogP contribution is -2.19. The van der Waals surface area contributed by atoms with Gasteiger partial charge >= 0.3 is 5.97 Å². The van der Waals surface area contributed by atoms with Crippen LogP contribution in [0.15, 0.2) is 53.4 Å². The lowest BCUT2D eigenvalue weighted by molar-refractivity contribution is -0.136. The fraction of sp³-hybridized carbons (Fsp3) is 0.316. The highest BCUT2D eigenvalue weighted by atomic mass is 32.2. The number of rotatable bonds is 6. The quantitative estimate of drug-likeness (QED) is 0.770. The molecule has 0 aliphatic heterocycles. The first-order valence-electron chi connectivity index (χ1n) is 7.50. The molecular weight excluding hydrogens is 292 g/mol. The molecule has 2 nitrogen and oxygen atoms in total. The van der Waals surface area contributed by atoms with Crippen molar-refractivity contribution in [2.24, 2.45) is 0 Å². The maximum Gasteiger partial charge on any atom is 0.317 e. The van der Waals surface area contributed by atoms with Gasteiger partial charge in [-0.05, 0) is 42.5 Å². The van der Waals surface area contributed by atoms with Gasteiger partial charge in [0.15, 0.2) is 0 Å². The van der Waals surface area contributed by atoms with Gasteiger partial charge in [0.05, 0.1) is 0 Å². The molecule has 0 aliphatic carbocycles. The number of aliphatic carboxylic acids is 1. The molecule has 0 aliphatic rings. The summed E-state index contributed by atoms with van der Waals surface area (Å²) in [5, 5.41) is 9.01. The van der Waals surface area contributed by atoms with Crippen molar-refractivity contribution in [2.45, 2.75) is 43.3 Å². The molecule has 3 heteroatoms. The van der Waals surface area contributed by atoms with Crippen molar-refractivity contribution in [3.8, 4) is 0 Å². The highest BCUT2D eigenvalue weighted by molar-refractivity contribution is 8.00. The zero-order valence-electron chi connectivity index (χ0n) is 13.2. The van der Waals surface area contributed by atoms with Crippen molar-refractivity contribution in [1.29, 1.82) is 0 Å². The van der Waals surface area contributed by atoms with Gasteiger partial charge in [-0.2, -0.15) is 0 Å². The molecule has 2 aromatic carbocycles. The van der Waals surface area contributed by atoms with Crippen LogP contribution in [0.5, 0.6) is 0 Å². The van der Waals surface area contributed by atoms with Crippen LogP contribution in [0.3, 0.4) is 0 Å². The number of carbonyl (C=O) groups is 1. The maximum absolute atomic E-state index is 11.5. The molecule has 1 N–H and O–H groups in total. The van der Waals surface area contributed by atoms with Crippen LogP contribution in [0.25, 0.3) is 0 Å². The summed E-state index contributed by atoms with van der Waals surface area (Å²) in [7, 11) is 0. The zero-order valence-corrected chi connectivity index (χ0v) is 14.1. The van der Waals surface area contributed by atoms with Crippen LogP contribution >= 0.6 is 11.8 Å². The number of carboxylic acids is 1. The van der Waals surface area contributed by atoms with Crippen LogP contribution in [-0.2, 0) is 11.2 Å². The number of aryl methyl sites for hydroxylation is 1. The van der Waals surface area contributed by atoms with E-state index in [1.807, 2.05) is 43.3 Å². The van der Waals surface area contributed by atoms with Gasteiger partial charge in [0.25, 0.3) is 0 Å². The fourth-order valence-electron chi connectivity index (χ4n) is 2.21. The van der Waals surface area contributed by atoms with Crippen LogP contribution in [0.1, 0.15) is 36.5 Å². The monoisotopic (exact) mass is 314 g/mol. The molecule has 0 unspecified atom stereocenters. The summed E-state index contributed by atoms with van der Waals surface area (Å²) in [5.74, 6) is -0.273. The van der Waals surface area contributed by atoms with E-state index in [0.717, 1.165) is 10.5 Å². The fourth-order valence-corrected chi connectivity index (χ4v) is 3.21. The van der Waals surface area contributed by atoms with E-state index in [2.05, 4.69) is 26.0 Å². The summed E-state index contributed by atoms with van der Waals surface area (Å²) >= 11 is 1.41. The second-order valence-electron chi connectivity index (χ2n) is 5.86. The number of carboxylic acid groups (broad SMARTS) is 1. The average molecular weight is 314 g/mol. The Kier molecular flexibility index (Phi) is 5.67. The van der Waals surface area contributed by atoms with E-state index in [4.69, 9.17) is 0 Å². The number of thioether (sulfide) groups is 1. The van der Waals surface area contributed by atoms with E-state index in [1.54, 1.807) is 0 Å². The Morgan fingerprint density at radius 2 is 1.64 bits per heavy atom. The van der Waals surface area contributed by atoms with E-state index in [9.17, 15) is 9.90 Å². The Morgan fingerprint density at radius 3 is 2.14 bits per heavy atom. The molecule has 116 valence electrons. The molecule has 0 heterocycles. The van der Waals surface area contributed by atoms with Gasteiger partial charge in [0.1, 0.15) is 5.25 Å². The van der Waals surface area contributed by atoms with Crippen molar-refractivity contribution in [3.05, 3.63) is 65.2 Å². The molecule has 0 fully saturated rings. The summed E-state index contributed by atoms with van der Waals surface area (Å²) in [6, 6.07) is 16.3. The van der Waals surface area contributed by atoms with Crippen molar-refractivity contribution >= 4 is 17.7 Å². The third-order valence-electron chi connectivity index (χ3n) is 3.64. The lowest BCUT2D eigenvalue weighted by Gasteiger charge is -2.13. The van der Waals surface area contributed by atoms with Crippen molar-refractivity contribution in [1.82, 2.24) is 0 Å². The highest BCUT2D eigenvalue weighted by Crippen LogP contribution is 2.27. The second-order valence-corrected chi connectivity index (χ2v) is 7.13. The topological polar surface area (TPSA) is 37.3 Å². The zero-order chi connectivity index (χ0) is 16.1. The van der Waals surface area contributed by atoms with E-state index in [0.29, 0.717) is 12.3 Å². The summed E-state index contributed by atoms with van der Waals surface area (Å²) in [5.41, 5.74) is 3.53. The Labute approximate surface area is 136 Å². The standard InChI is InChI=1S/C19H22O2S/c1-13(2)16-8-6-15(7-9-16)12-18(19(20)21)22-17-10-4-14(3)5-11-17/h4-11,13,18H,12H2,1-3H3,(H,20,21)/t18-/m0/s1. The molecule has 0 amide bonds. The number of benzene rings is 2. The van der Waals surface area contributed by atoms with E-state index in [-0.39, 0.29) is 0 Å². The van der Waals surface area contributed by atoms with Crippen molar-refractivity contribution < 1.29 is 9.90 Å². The lowest BCUT2D eigenvalue weighted by atomic mass is 10.0. The Hall–Kier alpha value is -1.74. The smallest absolute Gasteiger partial charge is 0.317 e. The molecular formula is C19H22O2S. The van der Waals surface area contributed by atoms with Gasteiger partial charge in [-0.25, -0.2) is 0 Å². The molecule has 2 aromatic rings. The third-order valence-corrected chi connectivity index (χ3v) is 4.84. The predicted octanol–water partition coefficient (Wildman–Crippen LogP) is 4.91. The van der Waals surface area contributed by atoms with Crippen LogP contribution in [0, 0.1) is 6.92 Å². The van der Waals surface area contributed by atoms with Crippen LogP contribution in [0.2, 0.25) is 0 Å². The largest absolute Gasteiger partial charge is 0.480 e. The molecule has 0 aromatic heterocycles. The minimum atomic E-state index is -0.765. The van der Waals surface area contributed by atoms with Crippen molar-refractivity contribution in [3.63, 3.8) is 0 Å². The van der Waals surface area contributed by atoms with Crippen LogP contribution in [-0.4, -0.2) is 16.3 Å². The van der Waals surface area contributed by atoms with Crippen LogP contribution < -0.4 is 0 Å². The van der Waals surface area contributed by atoms with Gasteiger partial charge < -0.3 is 5.11 Å². The van der Waals surface area contributed by atoms with E-state index in [1.165, 1.54) is 22.9 Å². The first-order chi connectivity index (χ1) is 10.5. The molecule has 0 radical (unpaired) electrons. The summed E-state index contributed by atoms with van der Waals surface area (Å²) < 4.78 is 0. The third kappa shape index (κ3) is 4.63. The van der Waals surface area contributed by atoms with Gasteiger partial charge in [0, 0.05) is 4.90 Å². The Balaban J connectivity index is 2.08. The Bertz CT molecular complexity index is 615. The van der Waals surface area contributed by atoms with Gasteiger partial charge in [-0.15, -0.1) is 11.8 Å². The van der Waals surface area contributed by atoms with Crippen LogP contribution in [0.4, 0.5) is 0 Å². The summed E-state index contributed by atoms with van der Waals surface area (Å²) in [4.78, 5) is 12.5. The minimum absolute atomic E-state index is 0.465. The minimum Gasteiger partial charge on any atom is -0.480 e. The normalized spacial score (nSPS) is 12.4. The maximum atomic E-state index is 11.5. The number of hydrogen-bond acceptors (Lipinski definition) is 2. The van der Waals surface area contributed by atoms with E-state index >= 15 is 0 Å². The molecule has 0 bridgehead atoms. The SMILES string of the molecule is Cc1ccc(S[C@@H](Cc2ccc(C(C)C)cc2)C(=O)O)cc1. The Morgan fingerprint density at radius 1 is 1.05 bits per heavy atom. The van der Waals surface area contributed by atoms with E-state index < -0.39 is 11.2 Å². The molecule has 1 atom stereocenters. The predicted molar refractivity (Wildman–Crippen MR) is 92.7 cm³/mol. The molecule has 0 saturated carbocycles. The summed E-state index contributed by atoms with van der Waals surface area (Å²) in [6.45, 7) is 6.34. The molecule has 2 rings (SSSR count). The van der Waals surface area contributed by atoms with Gasteiger partial charge in [-0.3, -0.25) is 4.79 Å². The first kappa shape index (κ1) is 16.6. The second kappa shape index (κ2) is 7.50. The van der Waals surface area contributed by atoms with Gasteiger partial charge in [0.2, 0.25) is 0 Å².